The van der Waals surface area contributed by atoms with Crippen LogP contribution in [0.15, 0.2) is 43.5 Å². The van der Waals surface area contributed by atoms with Crippen molar-refractivity contribution in [3.63, 3.8) is 0 Å². The van der Waals surface area contributed by atoms with Crippen molar-refractivity contribution in [2.75, 3.05) is 24.7 Å². The molecule has 4 rings (SSSR count). The van der Waals surface area contributed by atoms with Crippen molar-refractivity contribution < 1.29 is 29.0 Å². The van der Waals surface area contributed by atoms with Gasteiger partial charge in [0.25, 0.3) is 5.91 Å². The van der Waals surface area contributed by atoms with Gasteiger partial charge >= 0.3 is 5.97 Å². The molecular weight excluding hydrogens is 508 g/mol. The van der Waals surface area contributed by atoms with Gasteiger partial charge in [-0.3, -0.25) is 14.4 Å². The highest BCUT2D eigenvalue weighted by atomic mass is 16.6. The van der Waals surface area contributed by atoms with E-state index in [1.165, 1.54) is 6.08 Å². The molecule has 3 unspecified atom stereocenters. The Kier molecular flexibility index (Phi) is 8.35. The van der Waals surface area contributed by atoms with Crippen LogP contribution in [0.3, 0.4) is 0 Å². The van der Waals surface area contributed by atoms with E-state index in [4.69, 9.17) is 9.47 Å². The molecule has 2 bridgehead atoms. The van der Waals surface area contributed by atoms with Gasteiger partial charge in [-0.05, 0) is 62.6 Å². The maximum Gasteiger partial charge on any atom is 0.313 e. The molecule has 0 radical (unpaired) electrons. The standard InChI is InChI=1S/C32H44N2O6/c1-9-13-33(24-16-20(5)11-12-21(24)6)29(37)27-32-17-22(7)31(8,40-32)26(30(38)39-14-10-2)25(32)28(36)34(27)23(18-35)15-19(3)4/h9-12,16,19,22-23,25-27,35H,1-2,13-15,17-18H2,3-8H3/t22?,23-,25+,26+,27?,31-,32?/m1/s1. The molecule has 1 N–H and O–H groups in total. The summed E-state index contributed by atoms with van der Waals surface area (Å²) in [5, 5.41) is 10.5. The number of aliphatic hydroxyl groups excluding tert-OH is 1. The SMILES string of the molecule is C=CCOC(=O)[C@@H]1[C@H]2C(=O)N([C@@H](CO)CC(C)C)C(C(=O)N(CC=C)c3cc(C)ccc3C)C23CC(C)[C@@]1(C)O3. The van der Waals surface area contributed by atoms with Crippen LogP contribution in [0.4, 0.5) is 5.69 Å². The van der Waals surface area contributed by atoms with Gasteiger partial charge in [0.2, 0.25) is 5.91 Å². The van der Waals surface area contributed by atoms with Crippen molar-refractivity contribution in [2.24, 2.45) is 23.7 Å². The summed E-state index contributed by atoms with van der Waals surface area (Å²) >= 11 is 0. The van der Waals surface area contributed by atoms with Crippen LogP contribution in [0, 0.1) is 37.5 Å². The normalized spacial score (nSPS) is 31.3. The second kappa shape index (κ2) is 11.1. The number of esters is 1. The van der Waals surface area contributed by atoms with E-state index < -0.39 is 41.1 Å². The average molecular weight is 553 g/mol. The zero-order valence-corrected chi connectivity index (χ0v) is 24.7. The van der Waals surface area contributed by atoms with Gasteiger partial charge < -0.3 is 24.4 Å². The minimum absolute atomic E-state index is 0.0200. The molecule has 40 heavy (non-hydrogen) atoms. The monoisotopic (exact) mass is 552 g/mol. The van der Waals surface area contributed by atoms with E-state index >= 15 is 0 Å². The van der Waals surface area contributed by atoms with E-state index in [1.54, 1.807) is 15.9 Å². The van der Waals surface area contributed by atoms with Crippen LogP contribution in [-0.4, -0.2) is 70.8 Å². The van der Waals surface area contributed by atoms with E-state index in [0.717, 1.165) is 16.8 Å². The quantitative estimate of drug-likeness (QED) is 0.330. The summed E-state index contributed by atoms with van der Waals surface area (Å²) in [6.45, 7) is 19.3. The molecule has 2 amide bonds. The molecule has 3 aliphatic heterocycles. The lowest BCUT2D eigenvalue weighted by atomic mass is 9.62. The summed E-state index contributed by atoms with van der Waals surface area (Å²) in [5.74, 6) is -2.90. The second-order valence-electron chi connectivity index (χ2n) is 12.4. The van der Waals surface area contributed by atoms with Gasteiger partial charge in [0, 0.05) is 12.2 Å². The number of fused-ring (bicyclic) bond motifs is 1. The fraction of sp³-hybridized carbons (Fsp3) is 0.594. The van der Waals surface area contributed by atoms with Gasteiger partial charge in [-0.1, -0.05) is 51.6 Å². The Balaban J connectivity index is 1.90. The number of carbonyl (C=O) groups is 3. The van der Waals surface area contributed by atoms with Crippen molar-refractivity contribution in [1.29, 1.82) is 0 Å². The molecule has 0 aromatic heterocycles. The van der Waals surface area contributed by atoms with E-state index in [9.17, 15) is 19.5 Å². The Labute approximate surface area is 238 Å². The molecule has 3 saturated heterocycles. The van der Waals surface area contributed by atoms with Crippen LogP contribution in [-0.2, 0) is 23.9 Å². The van der Waals surface area contributed by atoms with E-state index in [-0.39, 0.29) is 43.4 Å². The Morgan fingerprint density at radius 1 is 1.27 bits per heavy atom. The van der Waals surface area contributed by atoms with E-state index in [1.807, 2.05) is 59.7 Å². The lowest BCUT2D eigenvalue weighted by Crippen LogP contribution is -2.59. The summed E-state index contributed by atoms with van der Waals surface area (Å²) in [5.41, 5.74) is 0.431. The number of hydrogen-bond acceptors (Lipinski definition) is 6. The Hall–Kier alpha value is -2.97. The van der Waals surface area contributed by atoms with Crippen molar-refractivity contribution in [3.8, 4) is 0 Å². The third-order valence-corrected chi connectivity index (χ3v) is 9.16. The molecule has 3 aliphatic rings. The summed E-state index contributed by atoms with van der Waals surface area (Å²) < 4.78 is 12.3. The number of benzene rings is 1. The summed E-state index contributed by atoms with van der Waals surface area (Å²) in [6.07, 6.45) is 4.09. The Morgan fingerprint density at radius 2 is 1.98 bits per heavy atom. The molecule has 7 atom stereocenters. The molecular formula is C32H44N2O6. The first-order valence-electron chi connectivity index (χ1n) is 14.3. The Morgan fingerprint density at radius 3 is 2.58 bits per heavy atom. The third-order valence-electron chi connectivity index (χ3n) is 9.16. The van der Waals surface area contributed by atoms with E-state index in [2.05, 4.69) is 13.2 Å². The number of aryl methyl sites for hydroxylation is 2. The lowest BCUT2D eigenvalue weighted by Gasteiger charge is -2.40. The van der Waals surface area contributed by atoms with Crippen LogP contribution < -0.4 is 4.90 Å². The highest BCUT2D eigenvalue weighted by Crippen LogP contribution is 2.65. The predicted octanol–water partition coefficient (Wildman–Crippen LogP) is 3.97. The van der Waals surface area contributed by atoms with Gasteiger partial charge in [0.15, 0.2) is 0 Å². The molecule has 1 spiro atoms. The minimum atomic E-state index is -1.23. The number of aliphatic hydroxyl groups is 1. The molecule has 8 nitrogen and oxygen atoms in total. The highest BCUT2D eigenvalue weighted by molar-refractivity contribution is 6.05. The van der Waals surface area contributed by atoms with Crippen molar-refractivity contribution in [3.05, 3.63) is 54.6 Å². The first kappa shape index (κ1) is 30.0. The van der Waals surface area contributed by atoms with Crippen LogP contribution in [0.1, 0.15) is 51.7 Å². The molecule has 1 aromatic carbocycles. The van der Waals surface area contributed by atoms with Gasteiger partial charge in [-0.15, -0.1) is 6.58 Å². The smallest absolute Gasteiger partial charge is 0.313 e. The van der Waals surface area contributed by atoms with Crippen LogP contribution in [0.25, 0.3) is 0 Å². The number of anilines is 1. The van der Waals surface area contributed by atoms with Crippen LogP contribution >= 0.6 is 0 Å². The highest BCUT2D eigenvalue weighted by Gasteiger charge is 2.80. The number of carbonyl (C=O) groups excluding carboxylic acids is 3. The fourth-order valence-electron chi connectivity index (χ4n) is 7.35. The summed E-state index contributed by atoms with van der Waals surface area (Å²) in [4.78, 5) is 46.0. The second-order valence-corrected chi connectivity index (χ2v) is 12.4. The average Bonchev–Trinajstić information content (AvgIpc) is 3.42. The van der Waals surface area contributed by atoms with Gasteiger partial charge in [-0.2, -0.15) is 0 Å². The number of amides is 2. The van der Waals surface area contributed by atoms with Crippen LogP contribution in [0.5, 0.6) is 0 Å². The zero-order valence-electron chi connectivity index (χ0n) is 24.7. The topological polar surface area (TPSA) is 96.4 Å². The van der Waals surface area contributed by atoms with Crippen molar-refractivity contribution >= 4 is 23.5 Å². The largest absolute Gasteiger partial charge is 0.461 e. The van der Waals surface area contributed by atoms with Gasteiger partial charge in [0.1, 0.15) is 24.2 Å². The summed E-state index contributed by atoms with van der Waals surface area (Å²) in [6, 6.07) is 4.28. The molecule has 0 aliphatic carbocycles. The third kappa shape index (κ3) is 4.59. The fourth-order valence-corrected chi connectivity index (χ4v) is 7.35. The number of nitrogens with zero attached hydrogens (tertiary/aromatic N) is 2. The lowest BCUT2D eigenvalue weighted by molar-refractivity contribution is -0.161. The number of ether oxygens (including phenoxy) is 2. The number of rotatable bonds is 11. The molecule has 3 fully saturated rings. The maximum atomic E-state index is 14.8. The van der Waals surface area contributed by atoms with Gasteiger partial charge in [0.05, 0.1) is 24.2 Å². The first-order chi connectivity index (χ1) is 18.9. The zero-order chi connectivity index (χ0) is 29.6. The number of hydrogen-bond donors (Lipinski definition) is 1. The predicted molar refractivity (Wildman–Crippen MR) is 154 cm³/mol. The molecule has 3 heterocycles. The van der Waals surface area contributed by atoms with E-state index in [0.29, 0.717) is 12.8 Å². The minimum Gasteiger partial charge on any atom is -0.461 e. The first-order valence-corrected chi connectivity index (χ1v) is 14.3. The van der Waals surface area contributed by atoms with Crippen molar-refractivity contribution in [2.45, 2.75) is 77.7 Å². The molecule has 1 aromatic rings. The number of likely N-dealkylation sites (tertiary alicyclic amines) is 1. The maximum absolute atomic E-state index is 14.8. The summed E-state index contributed by atoms with van der Waals surface area (Å²) in [7, 11) is 0. The van der Waals surface area contributed by atoms with Gasteiger partial charge in [-0.25, -0.2) is 0 Å². The molecule has 218 valence electrons. The van der Waals surface area contributed by atoms with Crippen LogP contribution in [0.2, 0.25) is 0 Å². The van der Waals surface area contributed by atoms with Crippen molar-refractivity contribution in [1.82, 2.24) is 4.90 Å². The Bertz CT molecular complexity index is 1200. The molecule has 8 heteroatoms. The molecule has 0 saturated carbocycles.